The molecule has 8 heteroatoms. The molecule has 0 fully saturated rings. The van der Waals surface area contributed by atoms with Crippen LogP contribution >= 0.6 is 11.3 Å². The number of nitrogens with one attached hydrogen (secondary N) is 1. The first-order valence-corrected chi connectivity index (χ1v) is 9.81. The average molecular weight is 399 g/mol. The lowest BCUT2D eigenvalue weighted by molar-refractivity contribution is -0.380. The van der Waals surface area contributed by atoms with E-state index in [1.54, 1.807) is 17.6 Å². The van der Waals surface area contributed by atoms with Gasteiger partial charge in [-0.1, -0.05) is 36.5 Å². The van der Waals surface area contributed by atoms with Crippen molar-refractivity contribution >= 4 is 16.3 Å². The fourth-order valence-electron chi connectivity index (χ4n) is 2.51. The van der Waals surface area contributed by atoms with E-state index in [9.17, 15) is 10.1 Å². The summed E-state index contributed by atoms with van der Waals surface area (Å²) in [6.45, 7) is 3.71. The van der Waals surface area contributed by atoms with Gasteiger partial charge in [0, 0.05) is 36.3 Å². The summed E-state index contributed by atoms with van der Waals surface area (Å²) in [4.78, 5) is 14.7. The number of ether oxygens (including phenoxy) is 2. The Bertz CT molecular complexity index is 929. The fraction of sp³-hybridized carbons (Fsp3) is 0.250. The fourth-order valence-corrected chi connectivity index (χ4v) is 3.24. The molecule has 0 aliphatic carbocycles. The van der Waals surface area contributed by atoms with Gasteiger partial charge in [0.15, 0.2) is 11.5 Å². The molecule has 0 radical (unpaired) electrons. The minimum atomic E-state index is -0.376. The molecular formula is C20H21N3O4S. The molecule has 1 N–H and O–H groups in total. The quantitative estimate of drug-likeness (QED) is 0.384. The van der Waals surface area contributed by atoms with Crippen LogP contribution in [0.4, 0.5) is 5.00 Å². The minimum Gasteiger partial charge on any atom is -0.490 e. The SMILES string of the molecule is CCCOc1ccccc1Oc1ncccc1CNCc1csc([N+](=O)[O-])c1. The average Bonchev–Trinajstić information content (AvgIpc) is 3.18. The van der Waals surface area contributed by atoms with E-state index in [0.29, 0.717) is 37.1 Å². The second-order valence-corrected chi connectivity index (χ2v) is 6.91. The number of rotatable bonds is 10. The highest BCUT2D eigenvalue weighted by molar-refractivity contribution is 7.13. The van der Waals surface area contributed by atoms with Gasteiger partial charge in [0.2, 0.25) is 5.88 Å². The Hall–Kier alpha value is -2.97. The van der Waals surface area contributed by atoms with Crippen LogP contribution in [0.5, 0.6) is 17.4 Å². The van der Waals surface area contributed by atoms with E-state index in [2.05, 4.69) is 10.3 Å². The summed E-state index contributed by atoms with van der Waals surface area (Å²) in [5.41, 5.74) is 1.76. The number of nitro groups is 1. The Balaban J connectivity index is 1.65. The van der Waals surface area contributed by atoms with Gasteiger partial charge in [-0.3, -0.25) is 10.1 Å². The number of benzene rings is 1. The number of para-hydroxylation sites is 2. The third-order valence-electron chi connectivity index (χ3n) is 3.83. The van der Waals surface area contributed by atoms with Gasteiger partial charge < -0.3 is 14.8 Å². The summed E-state index contributed by atoms with van der Waals surface area (Å²) in [6, 6.07) is 12.9. The number of nitrogens with zero attached hydrogens (tertiary/aromatic N) is 2. The van der Waals surface area contributed by atoms with E-state index < -0.39 is 0 Å². The van der Waals surface area contributed by atoms with Crippen LogP contribution in [-0.2, 0) is 13.1 Å². The summed E-state index contributed by atoms with van der Waals surface area (Å²) < 4.78 is 11.7. The zero-order valence-corrected chi connectivity index (χ0v) is 16.3. The van der Waals surface area contributed by atoms with Gasteiger partial charge in [-0.25, -0.2) is 4.98 Å². The summed E-state index contributed by atoms with van der Waals surface area (Å²) >= 11 is 1.13. The zero-order chi connectivity index (χ0) is 19.8. The summed E-state index contributed by atoms with van der Waals surface area (Å²) in [5.74, 6) is 1.79. The Morgan fingerprint density at radius 1 is 1.18 bits per heavy atom. The predicted octanol–water partition coefficient (Wildman–Crippen LogP) is 4.92. The Kier molecular flexibility index (Phi) is 6.94. The maximum absolute atomic E-state index is 10.8. The normalized spacial score (nSPS) is 10.6. The second-order valence-electron chi connectivity index (χ2n) is 6.02. The van der Waals surface area contributed by atoms with Gasteiger partial charge in [-0.15, -0.1) is 0 Å². The number of hydrogen-bond donors (Lipinski definition) is 1. The molecule has 0 saturated carbocycles. The number of thiophene rings is 1. The Morgan fingerprint density at radius 2 is 2.00 bits per heavy atom. The molecule has 0 bridgehead atoms. The maximum Gasteiger partial charge on any atom is 0.324 e. The van der Waals surface area contributed by atoms with Crippen molar-refractivity contribution in [1.82, 2.24) is 10.3 Å². The Labute approximate surface area is 167 Å². The van der Waals surface area contributed by atoms with E-state index in [1.807, 2.05) is 43.3 Å². The lowest BCUT2D eigenvalue weighted by Crippen LogP contribution is -2.13. The first kappa shape index (κ1) is 19.8. The lowest BCUT2D eigenvalue weighted by Gasteiger charge is -2.14. The number of hydrogen-bond acceptors (Lipinski definition) is 7. The van der Waals surface area contributed by atoms with Gasteiger partial charge in [0.25, 0.3) is 0 Å². The monoisotopic (exact) mass is 399 g/mol. The largest absolute Gasteiger partial charge is 0.490 e. The smallest absolute Gasteiger partial charge is 0.324 e. The maximum atomic E-state index is 10.8. The third-order valence-corrected chi connectivity index (χ3v) is 4.76. The molecule has 3 aromatic rings. The van der Waals surface area contributed by atoms with E-state index in [4.69, 9.17) is 9.47 Å². The van der Waals surface area contributed by atoms with Gasteiger partial charge in [0.05, 0.1) is 11.5 Å². The van der Waals surface area contributed by atoms with Crippen molar-refractivity contribution in [3.8, 4) is 17.4 Å². The van der Waals surface area contributed by atoms with Crippen molar-refractivity contribution in [2.75, 3.05) is 6.61 Å². The molecule has 3 rings (SSSR count). The van der Waals surface area contributed by atoms with Gasteiger partial charge in [-0.2, -0.15) is 0 Å². The first-order chi connectivity index (χ1) is 13.7. The van der Waals surface area contributed by atoms with Gasteiger partial charge in [0.1, 0.15) is 0 Å². The van der Waals surface area contributed by atoms with Crippen LogP contribution in [0.3, 0.4) is 0 Å². The summed E-state index contributed by atoms with van der Waals surface area (Å²) in [6.07, 6.45) is 2.59. The van der Waals surface area contributed by atoms with Crippen LogP contribution in [0.25, 0.3) is 0 Å². The predicted molar refractivity (Wildman–Crippen MR) is 108 cm³/mol. The van der Waals surface area contributed by atoms with Crippen LogP contribution in [0, 0.1) is 10.1 Å². The zero-order valence-electron chi connectivity index (χ0n) is 15.5. The highest BCUT2D eigenvalue weighted by atomic mass is 32.1. The molecule has 7 nitrogen and oxygen atoms in total. The summed E-state index contributed by atoms with van der Waals surface area (Å²) in [7, 11) is 0. The van der Waals surface area contributed by atoms with Crippen molar-refractivity contribution in [2.45, 2.75) is 26.4 Å². The van der Waals surface area contributed by atoms with Crippen molar-refractivity contribution in [2.24, 2.45) is 0 Å². The van der Waals surface area contributed by atoms with E-state index in [-0.39, 0.29) is 9.92 Å². The lowest BCUT2D eigenvalue weighted by atomic mass is 10.2. The van der Waals surface area contributed by atoms with Crippen molar-refractivity contribution in [3.63, 3.8) is 0 Å². The molecule has 0 amide bonds. The number of pyridine rings is 1. The molecule has 0 spiro atoms. The molecule has 146 valence electrons. The molecule has 0 atom stereocenters. The topological polar surface area (TPSA) is 86.5 Å². The van der Waals surface area contributed by atoms with E-state index in [0.717, 1.165) is 28.9 Å². The highest BCUT2D eigenvalue weighted by Gasteiger charge is 2.12. The van der Waals surface area contributed by atoms with Crippen LogP contribution in [0.1, 0.15) is 24.5 Å². The second kappa shape index (κ2) is 9.82. The molecule has 1 aromatic carbocycles. The van der Waals surface area contributed by atoms with Crippen molar-refractivity contribution < 1.29 is 14.4 Å². The minimum absolute atomic E-state index is 0.144. The first-order valence-electron chi connectivity index (χ1n) is 8.93. The standard InChI is InChI=1S/C20H21N3O4S/c1-2-10-26-17-7-3-4-8-18(17)27-20-16(6-5-9-22-20)13-21-12-15-11-19(23(24)25)28-14-15/h3-9,11,14,21H,2,10,12-13H2,1H3. The molecule has 28 heavy (non-hydrogen) atoms. The molecule has 0 unspecified atom stereocenters. The third kappa shape index (κ3) is 5.28. The van der Waals surface area contributed by atoms with Crippen LogP contribution in [-0.4, -0.2) is 16.5 Å². The molecule has 2 heterocycles. The molecule has 0 aliphatic rings. The van der Waals surface area contributed by atoms with Crippen molar-refractivity contribution in [3.05, 3.63) is 75.3 Å². The van der Waals surface area contributed by atoms with Gasteiger partial charge >= 0.3 is 5.00 Å². The summed E-state index contributed by atoms with van der Waals surface area (Å²) in [5, 5.41) is 16.0. The van der Waals surface area contributed by atoms with Crippen LogP contribution in [0.2, 0.25) is 0 Å². The Morgan fingerprint density at radius 3 is 2.75 bits per heavy atom. The highest BCUT2D eigenvalue weighted by Crippen LogP contribution is 2.32. The molecule has 0 aliphatic heterocycles. The van der Waals surface area contributed by atoms with Crippen LogP contribution in [0.15, 0.2) is 54.0 Å². The van der Waals surface area contributed by atoms with Gasteiger partial charge in [-0.05, 0) is 30.2 Å². The van der Waals surface area contributed by atoms with Crippen molar-refractivity contribution in [1.29, 1.82) is 0 Å². The van der Waals surface area contributed by atoms with E-state index in [1.165, 1.54) is 0 Å². The molecule has 2 aromatic heterocycles. The van der Waals surface area contributed by atoms with E-state index >= 15 is 0 Å². The number of aromatic nitrogens is 1. The molecule has 0 saturated heterocycles. The van der Waals surface area contributed by atoms with Crippen LogP contribution < -0.4 is 14.8 Å². The molecular weight excluding hydrogens is 378 g/mol.